The standard InChI is InChI=1S/C17H26O6/c1-2-15(18)22-11-5-3-4-6-12-23-17(21)14-9-7-13(8-10-14)16(19)20/h2,13-14H,1,3-12H2,(H,19,20). The quantitative estimate of drug-likeness (QED) is 0.377. The van der Waals surface area contributed by atoms with Gasteiger partial charge < -0.3 is 14.6 Å². The number of carboxylic acid groups (broad SMARTS) is 1. The van der Waals surface area contributed by atoms with E-state index in [9.17, 15) is 14.4 Å². The number of hydrogen-bond donors (Lipinski definition) is 1. The number of ether oxygens (including phenoxy) is 2. The number of unbranched alkanes of at least 4 members (excludes halogenated alkanes) is 3. The molecule has 0 heterocycles. The van der Waals surface area contributed by atoms with Gasteiger partial charge in [-0.2, -0.15) is 0 Å². The lowest BCUT2D eigenvalue weighted by molar-refractivity contribution is -0.152. The zero-order chi connectivity index (χ0) is 17.1. The molecule has 0 aromatic rings. The van der Waals surface area contributed by atoms with Gasteiger partial charge in [0, 0.05) is 6.08 Å². The summed E-state index contributed by atoms with van der Waals surface area (Å²) < 4.78 is 10.1. The van der Waals surface area contributed by atoms with Gasteiger partial charge in [-0.05, 0) is 51.4 Å². The molecule has 0 atom stereocenters. The van der Waals surface area contributed by atoms with Gasteiger partial charge in [-0.15, -0.1) is 0 Å². The van der Waals surface area contributed by atoms with E-state index in [0.717, 1.165) is 31.8 Å². The van der Waals surface area contributed by atoms with Crippen molar-refractivity contribution in [1.29, 1.82) is 0 Å². The van der Waals surface area contributed by atoms with Gasteiger partial charge in [0.25, 0.3) is 0 Å². The molecule has 0 amide bonds. The van der Waals surface area contributed by atoms with E-state index in [-0.39, 0.29) is 17.8 Å². The van der Waals surface area contributed by atoms with Gasteiger partial charge in [-0.1, -0.05) is 6.58 Å². The van der Waals surface area contributed by atoms with Gasteiger partial charge in [-0.25, -0.2) is 4.79 Å². The van der Waals surface area contributed by atoms with Crippen molar-refractivity contribution in [3.8, 4) is 0 Å². The van der Waals surface area contributed by atoms with E-state index in [1.807, 2.05) is 0 Å². The van der Waals surface area contributed by atoms with E-state index in [1.165, 1.54) is 0 Å². The van der Waals surface area contributed by atoms with Crippen molar-refractivity contribution >= 4 is 17.9 Å². The molecule has 0 radical (unpaired) electrons. The smallest absolute Gasteiger partial charge is 0.330 e. The fourth-order valence-corrected chi connectivity index (χ4v) is 2.66. The van der Waals surface area contributed by atoms with Crippen LogP contribution in [0.5, 0.6) is 0 Å². The Labute approximate surface area is 136 Å². The van der Waals surface area contributed by atoms with Crippen molar-refractivity contribution in [3.63, 3.8) is 0 Å². The second-order valence-corrected chi connectivity index (χ2v) is 5.84. The highest BCUT2D eigenvalue weighted by Crippen LogP contribution is 2.29. The normalized spacial score (nSPS) is 20.5. The van der Waals surface area contributed by atoms with Crippen LogP contribution in [-0.4, -0.2) is 36.2 Å². The summed E-state index contributed by atoms with van der Waals surface area (Å²) in [5.74, 6) is -1.83. The number of rotatable bonds is 10. The molecule has 6 nitrogen and oxygen atoms in total. The fourth-order valence-electron chi connectivity index (χ4n) is 2.66. The second kappa shape index (κ2) is 10.8. The average molecular weight is 326 g/mol. The molecule has 0 aliphatic heterocycles. The highest BCUT2D eigenvalue weighted by molar-refractivity contribution is 5.81. The summed E-state index contributed by atoms with van der Waals surface area (Å²) >= 11 is 0. The zero-order valence-corrected chi connectivity index (χ0v) is 13.5. The average Bonchev–Trinajstić information content (AvgIpc) is 2.56. The van der Waals surface area contributed by atoms with Crippen LogP contribution in [-0.2, 0) is 23.9 Å². The number of esters is 2. The Kier molecular flexibility index (Phi) is 9.02. The summed E-state index contributed by atoms with van der Waals surface area (Å²) in [5.41, 5.74) is 0. The van der Waals surface area contributed by atoms with Crippen LogP contribution >= 0.6 is 0 Å². The van der Waals surface area contributed by atoms with Crippen molar-refractivity contribution < 1.29 is 29.0 Å². The van der Waals surface area contributed by atoms with Crippen LogP contribution in [0.15, 0.2) is 12.7 Å². The molecule has 6 heteroatoms. The Balaban J connectivity index is 1.99. The largest absolute Gasteiger partial charge is 0.481 e. The van der Waals surface area contributed by atoms with Gasteiger partial charge in [0.15, 0.2) is 0 Å². The molecule has 0 unspecified atom stereocenters. The molecule has 23 heavy (non-hydrogen) atoms. The Hall–Kier alpha value is -1.85. The Morgan fingerprint density at radius 2 is 1.43 bits per heavy atom. The Morgan fingerprint density at radius 3 is 1.96 bits per heavy atom. The van der Waals surface area contributed by atoms with E-state index in [4.69, 9.17) is 14.6 Å². The van der Waals surface area contributed by atoms with Crippen molar-refractivity contribution in [2.75, 3.05) is 13.2 Å². The van der Waals surface area contributed by atoms with E-state index in [0.29, 0.717) is 38.9 Å². The molecule has 0 aromatic heterocycles. The highest BCUT2D eigenvalue weighted by Gasteiger charge is 2.30. The van der Waals surface area contributed by atoms with Crippen LogP contribution in [0, 0.1) is 11.8 Å². The summed E-state index contributed by atoms with van der Waals surface area (Å²) in [6.45, 7) is 4.09. The van der Waals surface area contributed by atoms with Crippen molar-refractivity contribution in [2.45, 2.75) is 51.4 Å². The van der Waals surface area contributed by atoms with Crippen LogP contribution in [0.2, 0.25) is 0 Å². The molecule has 1 rings (SSSR count). The molecule has 1 aliphatic carbocycles. The first kappa shape index (κ1) is 19.2. The van der Waals surface area contributed by atoms with E-state index in [1.54, 1.807) is 0 Å². The van der Waals surface area contributed by atoms with Crippen molar-refractivity contribution in [2.24, 2.45) is 11.8 Å². The van der Waals surface area contributed by atoms with Gasteiger partial charge in [0.2, 0.25) is 0 Å². The molecule has 1 aliphatic rings. The third-order valence-corrected chi connectivity index (χ3v) is 4.10. The first-order valence-corrected chi connectivity index (χ1v) is 8.23. The minimum Gasteiger partial charge on any atom is -0.481 e. The van der Waals surface area contributed by atoms with Gasteiger partial charge in [0.05, 0.1) is 25.0 Å². The number of carbonyl (C=O) groups is 3. The van der Waals surface area contributed by atoms with E-state index < -0.39 is 11.9 Å². The molecule has 1 fully saturated rings. The molecule has 0 bridgehead atoms. The summed E-state index contributed by atoms with van der Waals surface area (Å²) in [6, 6.07) is 0. The summed E-state index contributed by atoms with van der Waals surface area (Å²) in [4.78, 5) is 33.5. The lowest BCUT2D eigenvalue weighted by Gasteiger charge is -2.24. The van der Waals surface area contributed by atoms with Crippen LogP contribution < -0.4 is 0 Å². The zero-order valence-electron chi connectivity index (χ0n) is 13.5. The van der Waals surface area contributed by atoms with Crippen LogP contribution in [0.4, 0.5) is 0 Å². The molecule has 0 aromatic carbocycles. The molecule has 130 valence electrons. The van der Waals surface area contributed by atoms with Gasteiger partial charge in [-0.3, -0.25) is 9.59 Å². The minimum atomic E-state index is -0.768. The molecule has 0 saturated heterocycles. The third kappa shape index (κ3) is 7.81. The predicted octanol–water partition coefficient (Wildman–Crippen LogP) is 2.71. The van der Waals surface area contributed by atoms with Crippen LogP contribution in [0.1, 0.15) is 51.4 Å². The highest BCUT2D eigenvalue weighted by atomic mass is 16.5. The van der Waals surface area contributed by atoms with Crippen molar-refractivity contribution in [1.82, 2.24) is 0 Å². The van der Waals surface area contributed by atoms with E-state index >= 15 is 0 Å². The maximum Gasteiger partial charge on any atom is 0.330 e. The summed E-state index contributed by atoms with van der Waals surface area (Å²) in [5, 5.41) is 8.92. The second-order valence-electron chi connectivity index (χ2n) is 5.84. The Morgan fingerprint density at radius 1 is 0.913 bits per heavy atom. The molecular formula is C17H26O6. The number of hydrogen-bond acceptors (Lipinski definition) is 5. The first-order valence-electron chi connectivity index (χ1n) is 8.23. The molecule has 1 saturated carbocycles. The SMILES string of the molecule is C=CC(=O)OCCCCCCOC(=O)C1CCC(C(=O)O)CC1. The van der Waals surface area contributed by atoms with Crippen LogP contribution in [0.25, 0.3) is 0 Å². The van der Waals surface area contributed by atoms with Crippen molar-refractivity contribution in [3.05, 3.63) is 12.7 Å². The monoisotopic (exact) mass is 326 g/mol. The molecule has 0 spiro atoms. The lowest BCUT2D eigenvalue weighted by atomic mass is 9.82. The Bertz CT molecular complexity index is 409. The molecule has 1 N–H and O–H groups in total. The lowest BCUT2D eigenvalue weighted by Crippen LogP contribution is -2.27. The van der Waals surface area contributed by atoms with Crippen LogP contribution in [0.3, 0.4) is 0 Å². The number of carboxylic acids is 1. The predicted molar refractivity (Wildman–Crippen MR) is 83.7 cm³/mol. The third-order valence-electron chi connectivity index (χ3n) is 4.10. The van der Waals surface area contributed by atoms with Gasteiger partial charge in [0.1, 0.15) is 0 Å². The fraction of sp³-hybridized carbons (Fsp3) is 0.706. The number of aliphatic carboxylic acids is 1. The van der Waals surface area contributed by atoms with E-state index in [2.05, 4.69) is 6.58 Å². The first-order chi connectivity index (χ1) is 11.0. The maximum absolute atomic E-state index is 11.9. The summed E-state index contributed by atoms with van der Waals surface area (Å²) in [6.07, 6.45) is 6.84. The van der Waals surface area contributed by atoms with Gasteiger partial charge >= 0.3 is 17.9 Å². The maximum atomic E-state index is 11.9. The molecular weight excluding hydrogens is 300 g/mol. The minimum absolute atomic E-state index is 0.149. The summed E-state index contributed by atoms with van der Waals surface area (Å²) in [7, 11) is 0. The topological polar surface area (TPSA) is 89.9 Å². The number of carbonyl (C=O) groups excluding carboxylic acids is 2.